The average Bonchev–Trinajstić information content (AvgIpc) is 3.31. The number of piperidine rings is 1. The lowest BCUT2D eigenvalue weighted by Crippen LogP contribution is -2.62. The topological polar surface area (TPSA) is 61.8 Å². The fourth-order valence-electron chi connectivity index (χ4n) is 3.42. The summed E-state index contributed by atoms with van der Waals surface area (Å²) in [7, 11) is 1.76. The number of ether oxygens (including phenoxy) is 1. The van der Waals surface area contributed by atoms with Gasteiger partial charge in [0.25, 0.3) is 0 Å². The Balaban J connectivity index is 1.65. The summed E-state index contributed by atoms with van der Waals surface area (Å²) >= 11 is 0. The van der Waals surface area contributed by atoms with Crippen LogP contribution in [0.1, 0.15) is 38.5 Å². The molecule has 3 aliphatic rings. The van der Waals surface area contributed by atoms with E-state index in [1.807, 2.05) is 0 Å². The van der Waals surface area contributed by atoms with Crippen molar-refractivity contribution in [2.75, 3.05) is 26.7 Å². The summed E-state index contributed by atoms with van der Waals surface area (Å²) < 4.78 is 5.39. The van der Waals surface area contributed by atoms with Crippen LogP contribution in [0.5, 0.6) is 0 Å². The molecule has 0 aromatic carbocycles. The first-order valence-corrected chi connectivity index (χ1v) is 7.90. The molecule has 3 rings (SSSR count). The summed E-state index contributed by atoms with van der Waals surface area (Å²) in [5, 5.41) is 13.3. The van der Waals surface area contributed by atoms with Crippen molar-refractivity contribution in [2.24, 2.45) is 5.92 Å². The third-order valence-electron chi connectivity index (χ3n) is 5.04. The molecule has 2 aliphatic carbocycles. The average molecular weight is 282 g/mol. The van der Waals surface area contributed by atoms with E-state index in [0.717, 1.165) is 51.6 Å². The van der Waals surface area contributed by atoms with Gasteiger partial charge >= 0.3 is 5.97 Å². The first-order chi connectivity index (χ1) is 9.64. The predicted molar refractivity (Wildman–Crippen MR) is 75.7 cm³/mol. The van der Waals surface area contributed by atoms with E-state index in [0.29, 0.717) is 24.6 Å². The highest BCUT2D eigenvalue weighted by molar-refractivity contribution is 5.80. The highest BCUT2D eigenvalue weighted by atomic mass is 16.5. The number of rotatable bonds is 7. The van der Waals surface area contributed by atoms with Gasteiger partial charge in [-0.3, -0.25) is 10.1 Å². The lowest BCUT2D eigenvalue weighted by Gasteiger charge is -2.39. The largest absolute Gasteiger partial charge is 0.480 e. The van der Waals surface area contributed by atoms with E-state index < -0.39 is 11.5 Å². The fourth-order valence-corrected chi connectivity index (χ4v) is 3.42. The molecule has 114 valence electrons. The van der Waals surface area contributed by atoms with Crippen molar-refractivity contribution < 1.29 is 14.6 Å². The minimum atomic E-state index is -0.707. The molecule has 0 aromatic rings. The van der Waals surface area contributed by atoms with E-state index >= 15 is 0 Å². The maximum absolute atomic E-state index is 11.9. The van der Waals surface area contributed by atoms with Gasteiger partial charge in [-0.05, 0) is 44.4 Å². The van der Waals surface area contributed by atoms with Crippen LogP contribution in [0.15, 0.2) is 0 Å². The van der Waals surface area contributed by atoms with Crippen molar-refractivity contribution in [3.8, 4) is 0 Å². The van der Waals surface area contributed by atoms with Gasteiger partial charge in [0.15, 0.2) is 0 Å². The number of carboxylic acids is 1. The molecule has 2 N–H and O–H groups in total. The number of methoxy groups -OCH3 is 1. The number of hydrogen-bond acceptors (Lipinski definition) is 4. The number of carboxylic acid groups (broad SMARTS) is 1. The third-order valence-corrected chi connectivity index (χ3v) is 5.04. The van der Waals surface area contributed by atoms with Crippen LogP contribution >= 0.6 is 0 Å². The summed E-state index contributed by atoms with van der Waals surface area (Å²) in [6.45, 7) is 2.55. The van der Waals surface area contributed by atoms with Crippen LogP contribution in [0.2, 0.25) is 0 Å². The van der Waals surface area contributed by atoms with Crippen LogP contribution in [0.4, 0.5) is 0 Å². The maximum Gasteiger partial charge on any atom is 0.325 e. The van der Waals surface area contributed by atoms with Crippen molar-refractivity contribution >= 4 is 5.97 Å². The summed E-state index contributed by atoms with van der Waals surface area (Å²) in [6.07, 6.45) is 6.76. The zero-order valence-electron chi connectivity index (χ0n) is 12.3. The van der Waals surface area contributed by atoms with E-state index in [1.54, 1.807) is 7.11 Å². The standard InChI is InChI=1S/C15H26N2O3/c1-20-13-6-8-17(9-7-13)10-15(14(18)19,11-2-3-11)16-12-4-5-12/h11-13,16H,2-10H2,1H3,(H,18,19). The number of carbonyl (C=O) groups is 1. The highest BCUT2D eigenvalue weighted by Crippen LogP contribution is 2.42. The number of nitrogens with zero attached hydrogens (tertiary/aromatic N) is 1. The number of hydrogen-bond donors (Lipinski definition) is 2. The normalized spacial score (nSPS) is 28.2. The lowest BCUT2D eigenvalue weighted by atomic mass is 9.91. The Bertz CT molecular complexity index is 360. The molecule has 0 amide bonds. The molecular formula is C15H26N2O3. The monoisotopic (exact) mass is 282 g/mol. The van der Waals surface area contributed by atoms with Crippen molar-refractivity contribution in [1.29, 1.82) is 0 Å². The van der Waals surface area contributed by atoms with E-state index in [-0.39, 0.29) is 0 Å². The van der Waals surface area contributed by atoms with E-state index in [9.17, 15) is 9.90 Å². The van der Waals surface area contributed by atoms with Gasteiger partial charge in [-0.15, -0.1) is 0 Å². The molecule has 1 heterocycles. The number of nitrogens with one attached hydrogen (secondary N) is 1. The Hall–Kier alpha value is -0.650. The zero-order valence-corrected chi connectivity index (χ0v) is 12.3. The third kappa shape index (κ3) is 3.00. The summed E-state index contributed by atoms with van der Waals surface area (Å²) in [4.78, 5) is 14.3. The fraction of sp³-hybridized carbons (Fsp3) is 0.933. The molecule has 1 unspecified atom stereocenters. The van der Waals surface area contributed by atoms with E-state index in [4.69, 9.17) is 4.74 Å². The minimum absolute atomic E-state index is 0.320. The molecule has 3 fully saturated rings. The molecule has 20 heavy (non-hydrogen) atoms. The van der Waals surface area contributed by atoms with Crippen molar-refractivity contribution in [3.63, 3.8) is 0 Å². The van der Waals surface area contributed by atoms with Crippen LogP contribution < -0.4 is 5.32 Å². The Morgan fingerprint density at radius 3 is 2.35 bits per heavy atom. The quantitative estimate of drug-likeness (QED) is 0.732. The summed E-state index contributed by atoms with van der Waals surface area (Å²) in [6, 6.07) is 0.434. The van der Waals surface area contributed by atoms with Crippen molar-refractivity contribution in [2.45, 2.75) is 56.2 Å². The SMILES string of the molecule is COC1CCN(CC(NC2CC2)(C(=O)O)C2CC2)CC1. The Morgan fingerprint density at radius 1 is 1.25 bits per heavy atom. The van der Waals surface area contributed by atoms with Crippen molar-refractivity contribution in [3.05, 3.63) is 0 Å². The predicted octanol–water partition coefficient (Wildman–Crippen LogP) is 1.08. The zero-order chi connectivity index (χ0) is 14.2. The maximum atomic E-state index is 11.9. The van der Waals surface area contributed by atoms with Crippen LogP contribution in [-0.2, 0) is 9.53 Å². The van der Waals surface area contributed by atoms with Gasteiger partial charge in [0.2, 0.25) is 0 Å². The van der Waals surface area contributed by atoms with Gasteiger partial charge < -0.3 is 14.7 Å². The number of likely N-dealkylation sites (tertiary alicyclic amines) is 1. The molecule has 0 spiro atoms. The number of aliphatic carboxylic acids is 1. The van der Waals surface area contributed by atoms with E-state index in [1.165, 1.54) is 0 Å². The van der Waals surface area contributed by atoms with Crippen molar-refractivity contribution in [1.82, 2.24) is 10.2 Å². The van der Waals surface area contributed by atoms with Gasteiger partial charge in [-0.25, -0.2) is 0 Å². The molecular weight excluding hydrogens is 256 g/mol. The minimum Gasteiger partial charge on any atom is -0.480 e. The molecule has 1 aliphatic heterocycles. The molecule has 0 radical (unpaired) electrons. The summed E-state index contributed by atoms with van der Waals surface area (Å²) in [5.41, 5.74) is -0.707. The molecule has 1 saturated heterocycles. The molecule has 5 nitrogen and oxygen atoms in total. The first kappa shape index (κ1) is 14.3. The first-order valence-electron chi connectivity index (χ1n) is 7.90. The molecule has 5 heteroatoms. The van der Waals surface area contributed by atoms with Gasteiger partial charge in [0.1, 0.15) is 5.54 Å². The van der Waals surface area contributed by atoms with Gasteiger partial charge in [0.05, 0.1) is 6.10 Å². The molecule has 0 bridgehead atoms. The Kier molecular flexibility index (Phi) is 4.02. The second-order valence-electron chi connectivity index (χ2n) is 6.68. The lowest BCUT2D eigenvalue weighted by molar-refractivity contribution is -0.147. The van der Waals surface area contributed by atoms with Crippen LogP contribution in [-0.4, -0.2) is 60.4 Å². The highest BCUT2D eigenvalue weighted by Gasteiger charge is 2.54. The van der Waals surface area contributed by atoms with Crippen LogP contribution in [0, 0.1) is 5.92 Å². The van der Waals surface area contributed by atoms with Crippen LogP contribution in [0.25, 0.3) is 0 Å². The van der Waals surface area contributed by atoms with Crippen LogP contribution in [0.3, 0.4) is 0 Å². The molecule has 1 atom stereocenters. The van der Waals surface area contributed by atoms with Gasteiger partial charge in [-0.2, -0.15) is 0 Å². The van der Waals surface area contributed by atoms with E-state index in [2.05, 4.69) is 10.2 Å². The Morgan fingerprint density at radius 2 is 1.90 bits per heavy atom. The van der Waals surface area contributed by atoms with Gasteiger partial charge in [0, 0.05) is 32.8 Å². The Labute approximate surface area is 120 Å². The summed E-state index contributed by atoms with van der Waals surface area (Å²) in [5.74, 6) is -0.332. The molecule has 0 aromatic heterocycles. The molecule has 2 saturated carbocycles. The second kappa shape index (κ2) is 5.62. The van der Waals surface area contributed by atoms with Gasteiger partial charge in [-0.1, -0.05) is 0 Å². The smallest absolute Gasteiger partial charge is 0.325 e. The second-order valence-corrected chi connectivity index (χ2v) is 6.68.